The first-order chi connectivity index (χ1) is 10.6. The van der Waals surface area contributed by atoms with E-state index in [1.165, 1.54) is 0 Å². The van der Waals surface area contributed by atoms with Gasteiger partial charge in [0, 0.05) is 25.6 Å². The minimum absolute atomic E-state index is 0.161. The second-order valence-corrected chi connectivity index (χ2v) is 6.84. The molecule has 0 spiro atoms. The third-order valence-corrected chi connectivity index (χ3v) is 4.84. The monoisotopic (exact) mass is 368 g/mol. The molecule has 122 valence electrons. The normalized spacial score (nSPS) is 19.8. The lowest BCUT2D eigenvalue weighted by Crippen LogP contribution is -2.45. The van der Waals surface area contributed by atoms with E-state index in [1.54, 1.807) is 0 Å². The van der Waals surface area contributed by atoms with Crippen LogP contribution in [0.25, 0.3) is 0 Å². The van der Waals surface area contributed by atoms with Gasteiger partial charge in [-0.05, 0) is 60.2 Å². The number of carbonyl (C=O) groups excluding carboxylic acids is 1. The van der Waals surface area contributed by atoms with E-state index in [9.17, 15) is 4.79 Å². The summed E-state index contributed by atoms with van der Waals surface area (Å²) in [5, 5.41) is 0. The van der Waals surface area contributed by atoms with Crippen molar-refractivity contribution < 1.29 is 9.53 Å². The van der Waals surface area contributed by atoms with Gasteiger partial charge in [-0.3, -0.25) is 4.79 Å². The fourth-order valence-electron chi connectivity index (χ4n) is 2.79. The quantitative estimate of drug-likeness (QED) is 0.784. The first kappa shape index (κ1) is 17.3. The first-order valence-corrected chi connectivity index (χ1v) is 8.78. The van der Waals surface area contributed by atoms with Gasteiger partial charge in [0.05, 0.1) is 11.1 Å². The lowest BCUT2D eigenvalue weighted by atomic mass is 9.92. The molecule has 0 saturated carbocycles. The number of nitrogens with zero attached hydrogens (tertiary/aromatic N) is 1. The molecular formula is C17H25BrN2O2. The highest BCUT2D eigenvalue weighted by molar-refractivity contribution is 9.10. The summed E-state index contributed by atoms with van der Waals surface area (Å²) in [6.45, 7) is 4.26. The molecule has 2 atom stereocenters. The minimum Gasteiger partial charge on any atom is -0.492 e. The third-order valence-electron chi connectivity index (χ3n) is 4.18. The molecule has 5 heteroatoms. The molecule has 0 bridgehead atoms. The van der Waals surface area contributed by atoms with Gasteiger partial charge in [0.25, 0.3) is 0 Å². The van der Waals surface area contributed by atoms with Crippen LogP contribution in [0.3, 0.4) is 0 Å². The highest BCUT2D eigenvalue weighted by atomic mass is 79.9. The summed E-state index contributed by atoms with van der Waals surface area (Å²) in [6, 6.07) is 7.92. The van der Waals surface area contributed by atoms with E-state index in [4.69, 9.17) is 10.5 Å². The van der Waals surface area contributed by atoms with Gasteiger partial charge < -0.3 is 15.4 Å². The summed E-state index contributed by atoms with van der Waals surface area (Å²) in [4.78, 5) is 14.2. The van der Waals surface area contributed by atoms with Crippen molar-refractivity contribution in [1.29, 1.82) is 0 Å². The summed E-state index contributed by atoms with van der Waals surface area (Å²) in [6.07, 6.45) is 3.47. The van der Waals surface area contributed by atoms with E-state index < -0.39 is 0 Å². The summed E-state index contributed by atoms with van der Waals surface area (Å²) < 4.78 is 6.64. The number of hydrogen-bond acceptors (Lipinski definition) is 3. The Hall–Kier alpha value is -1.07. The third kappa shape index (κ3) is 4.99. The van der Waals surface area contributed by atoms with Gasteiger partial charge in [-0.1, -0.05) is 12.1 Å². The maximum atomic E-state index is 12.3. The lowest BCUT2D eigenvalue weighted by molar-refractivity contribution is -0.133. The number of hydrogen-bond donors (Lipinski definition) is 1. The first-order valence-electron chi connectivity index (χ1n) is 7.98. The van der Waals surface area contributed by atoms with Gasteiger partial charge >= 0.3 is 0 Å². The predicted molar refractivity (Wildman–Crippen MR) is 91.8 cm³/mol. The average molecular weight is 369 g/mol. The largest absolute Gasteiger partial charge is 0.492 e. The highest BCUT2D eigenvalue weighted by Gasteiger charge is 2.25. The van der Waals surface area contributed by atoms with Gasteiger partial charge in [0.15, 0.2) is 0 Å². The number of halogens is 1. The van der Waals surface area contributed by atoms with Crippen LogP contribution in [0.2, 0.25) is 0 Å². The Morgan fingerprint density at radius 3 is 3.00 bits per heavy atom. The Morgan fingerprint density at radius 2 is 2.27 bits per heavy atom. The van der Waals surface area contributed by atoms with E-state index in [1.807, 2.05) is 36.1 Å². The molecule has 0 aliphatic carbocycles. The van der Waals surface area contributed by atoms with Crippen molar-refractivity contribution >= 4 is 21.8 Å². The Balaban J connectivity index is 1.70. The maximum absolute atomic E-state index is 12.3. The number of rotatable bonds is 6. The molecule has 1 saturated heterocycles. The second kappa shape index (κ2) is 8.53. The number of benzene rings is 1. The minimum atomic E-state index is 0.161. The van der Waals surface area contributed by atoms with Crippen molar-refractivity contribution in [2.45, 2.75) is 38.6 Å². The van der Waals surface area contributed by atoms with Crippen molar-refractivity contribution in [2.24, 2.45) is 11.7 Å². The zero-order valence-electron chi connectivity index (χ0n) is 13.1. The van der Waals surface area contributed by atoms with E-state index in [0.717, 1.165) is 42.6 Å². The Bertz CT molecular complexity index is 493. The number of likely N-dealkylation sites (tertiary alicyclic amines) is 1. The van der Waals surface area contributed by atoms with Crippen LogP contribution in [0.1, 0.15) is 32.6 Å². The van der Waals surface area contributed by atoms with Crippen LogP contribution >= 0.6 is 15.9 Å². The Labute approximate surface area is 141 Å². The molecule has 2 rings (SSSR count). The molecule has 1 fully saturated rings. The zero-order chi connectivity index (χ0) is 15.9. The predicted octanol–water partition coefficient (Wildman–Crippen LogP) is 3.19. The second-order valence-electron chi connectivity index (χ2n) is 5.98. The smallest absolute Gasteiger partial charge is 0.222 e. The van der Waals surface area contributed by atoms with E-state index >= 15 is 0 Å². The van der Waals surface area contributed by atoms with Gasteiger partial charge in [-0.15, -0.1) is 0 Å². The molecule has 1 aliphatic rings. The van der Waals surface area contributed by atoms with Crippen molar-refractivity contribution in [3.8, 4) is 5.75 Å². The molecule has 1 aromatic rings. The summed E-state index contributed by atoms with van der Waals surface area (Å²) in [5.41, 5.74) is 5.97. The molecule has 1 heterocycles. The number of para-hydroxylation sites is 1. The van der Waals surface area contributed by atoms with Gasteiger partial charge in [-0.2, -0.15) is 0 Å². The number of amides is 1. The summed E-state index contributed by atoms with van der Waals surface area (Å²) in [5.74, 6) is 1.49. The number of ether oxygens (including phenoxy) is 1. The lowest BCUT2D eigenvalue weighted by Gasteiger charge is -2.34. The zero-order valence-corrected chi connectivity index (χ0v) is 14.7. The van der Waals surface area contributed by atoms with Gasteiger partial charge in [0.1, 0.15) is 5.75 Å². The summed E-state index contributed by atoms with van der Waals surface area (Å²) in [7, 11) is 0. The molecule has 0 aromatic heterocycles. The molecule has 1 aromatic carbocycles. The van der Waals surface area contributed by atoms with Crippen LogP contribution < -0.4 is 10.5 Å². The molecule has 1 amide bonds. The standard InChI is InChI=1S/C17H25BrN2O2/c1-13(19)14-6-4-10-20(12-14)17(21)9-5-11-22-16-8-3-2-7-15(16)18/h2-3,7-8,13-14H,4-6,9-12,19H2,1H3/t13-,14-/m1/s1. The fraction of sp³-hybridized carbons (Fsp3) is 0.588. The van der Waals surface area contributed by atoms with Crippen molar-refractivity contribution in [2.75, 3.05) is 19.7 Å². The van der Waals surface area contributed by atoms with Crippen molar-refractivity contribution in [3.05, 3.63) is 28.7 Å². The molecule has 2 N–H and O–H groups in total. The average Bonchev–Trinajstić information content (AvgIpc) is 2.53. The number of carbonyl (C=O) groups is 1. The van der Waals surface area contributed by atoms with Gasteiger partial charge in [-0.25, -0.2) is 0 Å². The Kier molecular flexibility index (Phi) is 6.70. The highest BCUT2D eigenvalue weighted by Crippen LogP contribution is 2.24. The fourth-order valence-corrected chi connectivity index (χ4v) is 3.19. The van der Waals surface area contributed by atoms with Crippen LogP contribution in [-0.4, -0.2) is 36.5 Å². The van der Waals surface area contributed by atoms with Crippen LogP contribution in [0.15, 0.2) is 28.7 Å². The Morgan fingerprint density at radius 1 is 1.50 bits per heavy atom. The van der Waals surface area contributed by atoms with E-state index in [2.05, 4.69) is 15.9 Å². The van der Waals surface area contributed by atoms with Gasteiger partial charge in [0.2, 0.25) is 5.91 Å². The molecule has 1 aliphatic heterocycles. The van der Waals surface area contributed by atoms with Crippen molar-refractivity contribution in [3.63, 3.8) is 0 Å². The maximum Gasteiger partial charge on any atom is 0.222 e. The molecular weight excluding hydrogens is 344 g/mol. The topological polar surface area (TPSA) is 55.6 Å². The SMILES string of the molecule is C[C@@H](N)[C@@H]1CCCN(C(=O)CCCOc2ccccc2Br)C1. The molecule has 0 radical (unpaired) electrons. The number of piperidine rings is 1. The molecule has 22 heavy (non-hydrogen) atoms. The number of nitrogens with two attached hydrogens (primary N) is 1. The van der Waals surface area contributed by atoms with Crippen LogP contribution in [-0.2, 0) is 4.79 Å². The summed E-state index contributed by atoms with van der Waals surface area (Å²) >= 11 is 3.45. The molecule has 0 unspecified atom stereocenters. The van der Waals surface area contributed by atoms with Crippen molar-refractivity contribution in [1.82, 2.24) is 4.90 Å². The van der Waals surface area contributed by atoms with E-state index in [0.29, 0.717) is 18.9 Å². The van der Waals surface area contributed by atoms with Crippen LogP contribution in [0.5, 0.6) is 5.75 Å². The van der Waals surface area contributed by atoms with E-state index in [-0.39, 0.29) is 11.9 Å². The molecule has 4 nitrogen and oxygen atoms in total. The van der Waals surface area contributed by atoms with Crippen LogP contribution in [0, 0.1) is 5.92 Å². The van der Waals surface area contributed by atoms with Crippen LogP contribution in [0.4, 0.5) is 0 Å².